The van der Waals surface area contributed by atoms with Crippen LogP contribution in [0.2, 0.25) is 0 Å². The van der Waals surface area contributed by atoms with Crippen molar-refractivity contribution in [1.82, 2.24) is 25.1 Å². The summed E-state index contributed by atoms with van der Waals surface area (Å²) in [6, 6.07) is 14.9. The highest BCUT2D eigenvalue weighted by molar-refractivity contribution is 7.60. The fourth-order valence-electron chi connectivity index (χ4n) is 5.42. The van der Waals surface area contributed by atoms with Crippen LogP contribution in [0.5, 0.6) is 0 Å². The number of rotatable bonds is 9. The van der Waals surface area contributed by atoms with Gasteiger partial charge < -0.3 is 39.3 Å². The maximum atomic E-state index is 14.0. The molecule has 2 aromatic carbocycles. The molecular formula is C31H37N6O8P. The lowest BCUT2D eigenvalue weighted by molar-refractivity contribution is -0.135. The average Bonchev–Trinajstić information content (AvgIpc) is 3.57. The molecule has 244 valence electrons. The lowest BCUT2D eigenvalue weighted by atomic mass is 10.0. The fourth-order valence-corrected chi connectivity index (χ4v) is 5.96. The minimum absolute atomic E-state index is 0.0230. The van der Waals surface area contributed by atoms with Crippen LogP contribution in [0.1, 0.15) is 35.4 Å². The quantitative estimate of drug-likeness (QED) is 0.288. The maximum Gasteiger partial charge on any atom is 0.409 e. The van der Waals surface area contributed by atoms with Crippen molar-refractivity contribution < 1.29 is 38.2 Å². The summed E-state index contributed by atoms with van der Waals surface area (Å²) in [7, 11) is -2.88. The summed E-state index contributed by atoms with van der Waals surface area (Å²) in [5.41, 5.74) is 1.07. The number of methoxy groups -OCH3 is 1. The second-order valence-electron chi connectivity index (χ2n) is 10.9. The normalized spacial score (nSPS) is 17.5. The molecule has 3 aromatic rings. The second kappa shape index (κ2) is 14.4. The van der Waals surface area contributed by atoms with Crippen LogP contribution >= 0.6 is 7.60 Å². The van der Waals surface area contributed by atoms with E-state index >= 15 is 0 Å². The zero-order valence-corrected chi connectivity index (χ0v) is 26.5. The molecule has 1 aromatic heterocycles. The van der Waals surface area contributed by atoms with E-state index in [1.165, 1.54) is 34.1 Å². The maximum absolute atomic E-state index is 14.0. The molecule has 2 unspecified atom stereocenters. The van der Waals surface area contributed by atoms with Gasteiger partial charge in [0, 0.05) is 58.0 Å². The number of ether oxygens (including phenoxy) is 2. The molecule has 2 fully saturated rings. The lowest BCUT2D eigenvalue weighted by Crippen LogP contribution is -2.53. The lowest BCUT2D eigenvalue weighted by Gasteiger charge is -2.36. The third-order valence-electron chi connectivity index (χ3n) is 7.98. The summed E-state index contributed by atoms with van der Waals surface area (Å²) >= 11 is 0. The molecular weight excluding hydrogens is 615 g/mol. The van der Waals surface area contributed by atoms with Crippen LogP contribution in [0.25, 0.3) is 11.4 Å². The van der Waals surface area contributed by atoms with Crippen molar-refractivity contribution in [2.45, 2.75) is 25.5 Å². The van der Waals surface area contributed by atoms with Crippen molar-refractivity contribution in [2.24, 2.45) is 0 Å². The van der Waals surface area contributed by atoms with Gasteiger partial charge in [-0.25, -0.2) is 14.8 Å². The highest BCUT2D eigenvalue weighted by atomic mass is 31.2. The van der Waals surface area contributed by atoms with E-state index in [4.69, 9.17) is 14.5 Å². The van der Waals surface area contributed by atoms with Gasteiger partial charge in [-0.3, -0.25) is 14.2 Å². The van der Waals surface area contributed by atoms with E-state index in [1.807, 2.05) is 35.2 Å². The minimum Gasteiger partial charge on any atom is -0.450 e. The molecule has 0 radical (unpaired) electrons. The molecule has 2 atom stereocenters. The summed E-state index contributed by atoms with van der Waals surface area (Å²) in [5, 5.41) is 2.59. The van der Waals surface area contributed by atoms with E-state index in [0.29, 0.717) is 35.9 Å². The molecule has 0 saturated carbocycles. The zero-order chi connectivity index (χ0) is 32.8. The Morgan fingerprint density at radius 1 is 0.978 bits per heavy atom. The molecule has 2 aliphatic heterocycles. The van der Waals surface area contributed by atoms with E-state index < -0.39 is 31.5 Å². The molecule has 2 saturated heterocycles. The molecule has 0 bridgehead atoms. The molecule has 3 amide bonds. The zero-order valence-electron chi connectivity index (χ0n) is 25.6. The Balaban J connectivity index is 1.45. The smallest absolute Gasteiger partial charge is 0.409 e. The standard InChI is InChI=1S/C31H37N6O8P/c1-3-45-31(40)36-17-15-35(16-18-36)30(39)27(21-9-11-24(12-10-21)46(41,42)43)34-29(38)25-19-26(37-14-13-23(20-37)44-2)33-28(32-25)22-7-5-4-6-8-22/h4-12,19,23,27H,3,13-18,20H2,1-2H3,(H,34,38)(H2,41,42,43). The Morgan fingerprint density at radius 2 is 1.65 bits per heavy atom. The van der Waals surface area contributed by atoms with Gasteiger partial charge in [0.15, 0.2) is 5.82 Å². The van der Waals surface area contributed by atoms with Gasteiger partial charge >= 0.3 is 13.7 Å². The molecule has 3 heterocycles. The third kappa shape index (κ3) is 7.71. The summed E-state index contributed by atoms with van der Waals surface area (Å²) in [6.45, 7) is 4.12. The predicted molar refractivity (Wildman–Crippen MR) is 169 cm³/mol. The number of nitrogens with one attached hydrogen (secondary N) is 1. The van der Waals surface area contributed by atoms with Crippen molar-refractivity contribution in [3.8, 4) is 11.4 Å². The first-order chi connectivity index (χ1) is 22.1. The molecule has 0 spiro atoms. The van der Waals surface area contributed by atoms with Gasteiger partial charge in [-0.1, -0.05) is 42.5 Å². The number of nitrogens with zero attached hydrogens (tertiary/aromatic N) is 5. The summed E-state index contributed by atoms with van der Waals surface area (Å²) < 4.78 is 22.4. The SMILES string of the molecule is CCOC(=O)N1CCN(C(=O)C(NC(=O)c2cc(N3CCC(OC)C3)nc(-c3ccccc3)n2)c2ccc(P(=O)(O)O)cc2)CC1. The number of hydrogen-bond donors (Lipinski definition) is 3. The Hall–Kier alpha value is -4.36. The van der Waals surface area contributed by atoms with Crippen LogP contribution in [0.4, 0.5) is 10.6 Å². The minimum atomic E-state index is -4.54. The van der Waals surface area contributed by atoms with Gasteiger partial charge in [0.25, 0.3) is 5.91 Å². The summed E-state index contributed by atoms with van der Waals surface area (Å²) in [6.07, 6.45) is 0.360. The van der Waals surface area contributed by atoms with Crippen LogP contribution in [-0.4, -0.2) is 107 Å². The van der Waals surface area contributed by atoms with E-state index in [-0.39, 0.29) is 49.9 Å². The number of amides is 3. The van der Waals surface area contributed by atoms with Crippen molar-refractivity contribution in [3.63, 3.8) is 0 Å². The van der Waals surface area contributed by atoms with Crippen LogP contribution in [-0.2, 0) is 18.8 Å². The topological polar surface area (TPSA) is 175 Å². The van der Waals surface area contributed by atoms with Crippen LogP contribution in [0, 0.1) is 0 Å². The van der Waals surface area contributed by atoms with Crippen molar-refractivity contribution >= 4 is 36.6 Å². The number of piperazine rings is 1. The summed E-state index contributed by atoms with van der Waals surface area (Å²) in [4.78, 5) is 73.6. The first-order valence-electron chi connectivity index (χ1n) is 15.0. The Morgan fingerprint density at radius 3 is 2.26 bits per heavy atom. The predicted octanol–water partition coefficient (Wildman–Crippen LogP) is 1.94. The van der Waals surface area contributed by atoms with Gasteiger partial charge in [-0.2, -0.15) is 0 Å². The third-order valence-corrected chi connectivity index (χ3v) is 8.95. The molecule has 46 heavy (non-hydrogen) atoms. The molecule has 0 aliphatic carbocycles. The Kier molecular flexibility index (Phi) is 10.3. The van der Waals surface area contributed by atoms with Gasteiger partial charge in [0.1, 0.15) is 17.6 Å². The van der Waals surface area contributed by atoms with Crippen LogP contribution < -0.4 is 15.5 Å². The second-order valence-corrected chi connectivity index (χ2v) is 12.6. The number of hydrogen-bond acceptors (Lipinski definition) is 9. The van der Waals surface area contributed by atoms with Gasteiger partial charge in [0.05, 0.1) is 18.0 Å². The number of carbonyl (C=O) groups excluding carboxylic acids is 3. The van der Waals surface area contributed by atoms with Crippen molar-refractivity contribution in [3.05, 3.63) is 71.9 Å². The van der Waals surface area contributed by atoms with Crippen LogP contribution in [0.15, 0.2) is 60.7 Å². The first kappa shape index (κ1) is 33.0. The van der Waals surface area contributed by atoms with Gasteiger partial charge in [0.2, 0.25) is 5.91 Å². The molecule has 14 nitrogen and oxygen atoms in total. The first-order valence-corrected chi connectivity index (χ1v) is 16.6. The Bertz CT molecular complexity index is 1590. The van der Waals surface area contributed by atoms with Gasteiger partial charge in [-0.15, -0.1) is 0 Å². The fraction of sp³-hybridized carbons (Fsp3) is 0.387. The van der Waals surface area contributed by atoms with Gasteiger partial charge in [-0.05, 0) is 31.0 Å². The van der Waals surface area contributed by atoms with Crippen molar-refractivity contribution in [2.75, 3.05) is 57.9 Å². The largest absolute Gasteiger partial charge is 0.450 e. The van der Waals surface area contributed by atoms with E-state index in [1.54, 1.807) is 20.1 Å². The monoisotopic (exact) mass is 652 g/mol. The van der Waals surface area contributed by atoms with Crippen LogP contribution in [0.3, 0.4) is 0 Å². The molecule has 5 rings (SSSR count). The molecule has 15 heteroatoms. The Labute approximate surface area is 266 Å². The molecule has 2 aliphatic rings. The van der Waals surface area contributed by atoms with E-state index in [0.717, 1.165) is 6.42 Å². The number of aromatic nitrogens is 2. The number of anilines is 1. The summed E-state index contributed by atoms with van der Waals surface area (Å²) in [5.74, 6) is -0.192. The van der Waals surface area contributed by atoms with E-state index in [2.05, 4.69) is 10.3 Å². The highest BCUT2D eigenvalue weighted by Gasteiger charge is 2.33. The molecule has 3 N–H and O–H groups in total. The van der Waals surface area contributed by atoms with Crippen molar-refractivity contribution in [1.29, 1.82) is 0 Å². The number of benzene rings is 2. The average molecular weight is 653 g/mol. The van der Waals surface area contributed by atoms with E-state index in [9.17, 15) is 28.7 Å². The highest BCUT2D eigenvalue weighted by Crippen LogP contribution is 2.33. The number of carbonyl (C=O) groups is 3.